The van der Waals surface area contributed by atoms with Crippen molar-refractivity contribution in [3.63, 3.8) is 0 Å². The highest BCUT2D eigenvalue weighted by Gasteiger charge is 2.22. The monoisotopic (exact) mass is 542 g/mol. The van der Waals surface area contributed by atoms with E-state index in [1.54, 1.807) is 72.3 Å². The van der Waals surface area contributed by atoms with Gasteiger partial charge in [0.15, 0.2) is 0 Å². The van der Waals surface area contributed by atoms with Crippen LogP contribution in [0.4, 0.5) is 16.3 Å². The van der Waals surface area contributed by atoms with E-state index in [-0.39, 0.29) is 17.7 Å². The number of rotatable bonds is 8. The number of ether oxygens (including phenoxy) is 2. The Hall–Kier alpha value is -5.19. The van der Waals surface area contributed by atoms with Gasteiger partial charge in [0.05, 0.1) is 23.6 Å². The van der Waals surface area contributed by atoms with E-state index in [0.717, 1.165) is 5.69 Å². The molecule has 0 aliphatic rings. The number of nitrogens with two attached hydrogens (primary N) is 1. The van der Waals surface area contributed by atoms with Crippen LogP contribution in [0.15, 0.2) is 72.9 Å². The Morgan fingerprint density at radius 3 is 2.38 bits per heavy atom. The first-order valence-corrected chi connectivity index (χ1v) is 12.5. The number of primary amides is 1. The number of carbonyl (C=O) groups is 3. The van der Waals surface area contributed by atoms with E-state index in [4.69, 9.17) is 20.3 Å². The zero-order valence-electron chi connectivity index (χ0n) is 22.6. The minimum atomic E-state index is -0.654. The van der Waals surface area contributed by atoms with Gasteiger partial charge in [-0.25, -0.2) is 14.3 Å². The van der Waals surface area contributed by atoms with Gasteiger partial charge in [-0.1, -0.05) is 26.8 Å². The smallest absolute Gasteiger partial charge is 0.338 e. The first-order chi connectivity index (χ1) is 19.0. The molecule has 0 atom stereocenters. The van der Waals surface area contributed by atoms with Crippen molar-refractivity contribution in [3.05, 3.63) is 89.9 Å². The van der Waals surface area contributed by atoms with Gasteiger partial charge in [0, 0.05) is 29.4 Å². The van der Waals surface area contributed by atoms with Gasteiger partial charge in [0.2, 0.25) is 0 Å². The van der Waals surface area contributed by atoms with Gasteiger partial charge in [-0.3, -0.25) is 15.1 Å². The van der Waals surface area contributed by atoms with E-state index in [1.807, 2.05) is 20.8 Å². The van der Waals surface area contributed by atoms with Crippen LogP contribution in [-0.4, -0.2) is 39.3 Å². The third-order valence-electron chi connectivity index (χ3n) is 5.65. The molecular weight excluding hydrogens is 512 g/mol. The summed E-state index contributed by atoms with van der Waals surface area (Å²) in [6, 6.07) is 17.9. The van der Waals surface area contributed by atoms with Crippen molar-refractivity contribution in [1.29, 1.82) is 0 Å². The third-order valence-corrected chi connectivity index (χ3v) is 5.65. The first-order valence-electron chi connectivity index (χ1n) is 12.5. The number of benzene rings is 2. The Bertz CT molecular complexity index is 1540. The number of amides is 3. The summed E-state index contributed by atoms with van der Waals surface area (Å²) in [6.07, 6.45) is 1.43. The highest BCUT2D eigenvalue weighted by atomic mass is 16.5. The number of hydrogen-bond acceptors (Lipinski definition) is 7. The summed E-state index contributed by atoms with van der Waals surface area (Å²) in [4.78, 5) is 40.4. The number of pyridine rings is 1. The Morgan fingerprint density at radius 1 is 0.950 bits per heavy atom. The summed E-state index contributed by atoms with van der Waals surface area (Å²) in [6.45, 7) is 8.06. The van der Waals surface area contributed by atoms with Gasteiger partial charge in [0.1, 0.15) is 23.0 Å². The summed E-state index contributed by atoms with van der Waals surface area (Å²) in [7, 11) is 0. The molecule has 2 heterocycles. The zero-order valence-corrected chi connectivity index (χ0v) is 22.6. The van der Waals surface area contributed by atoms with Crippen LogP contribution in [0.5, 0.6) is 11.5 Å². The molecule has 4 N–H and O–H groups in total. The molecule has 11 nitrogen and oxygen atoms in total. The van der Waals surface area contributed by atoms with Crippen molar-refractivity contribution in [1.82, 2.24) is 14.8 Å². The number of esters is 1. The fourth-order valence-electron chi connectivity index (χ4n) is 3.64. The summed E-state index contributed by atoms with van der Waals surface area (Å²) in [5, 5.41) is 10.3. The van der Waals surface area contributed by atoms with Crippen molar-refractivity contribution in [2.45, 2.75) is 33.1 Å². The van der Waals surface area contributed by atoms with Crippen LogP contribution < -0.4 is 21.1 Å². The SMILES string of the molecule is CCOC(=O)c1cccc(-n2nc(C(C)(C)C)cc2NC(=O)Nc2ccc(Oc3ccnc(C(N)=O)c3)cc2)c1. The number of aromatic nitrogens is 3. The quantitative estimate of drug-likeness (QED) is 0.256. The molecule has 11 heteroatoms. The number of urea groups is 1. The standard InChI is InChI=1S/C29H30N6O5/c1-5-39-27(37)18-7-6-8-20(15-18)35-25(17-24(34-35)29(2,3)4)33-28(38)32-19-9-11-21(12-10-19)40-22-13-14-31-23(16-22)26(30)36/h6-17H,5H2,1-4H3,(H2,30,36)(H2,32,33,38). The lowest BCUT2D eigenvalue weighted by Gasteiger charge is -2.14. The molecule has 40 heavy (non-hydrogen) atoms. The fraction of sp³-hybridized carbons (Fsp3) is 0.207. The average Bonchev–Trinajstić information content (AvgIpc) is 3.34. The lowest BCUT2D eigenvalue weighted by molar-refractivity contribution is 0.0526. The van der Waals surface area contributed by atoms with E-state index < -0.39 is 17.9 Å². The number of carbonyl (C=O) groups excluding carboxylic acids is 3. The molecule has 0 saturated heterocycles. The molecule has 0 saturated carbocycles. The highest BCUT2D eigenvalue weighted by molar-refractivity contribution is 5.99. The fourth-order valence-corrected chi connectivity index (χ4v) is 3.64. The average molecular weight is 543 g/mol. The van der Waals surface area contributed by atoms with Gasteiger partial charge in [-0.2, -0.15) is 5.10 Å². The molecular formula is C29H30N6O5. The largest absolute Gasteiger partial charge is 0.462 e. The molecule has 0 radical (unpaired) electrons. The predicted molar refractivity (Wildman–Crippen MR) is 150 cm³/mol. The van der Waals surface area contributed by atoms with Crippen molar-refractivity contribution in [2.75, 3.05) is 17.2 Å². The van der Waals surface area contributed by atoms with Crippen molar-refractivity contribution < 1.29 is 23.9 Å². The van der Waals surface area contributed by atoms with Crippen LogP contribution in [0.1, 0.15) is 54.2 Å². The van der Waals surface area contributed by atoms with Crippen molar-refractivity contribution in [2.24, 2.45) is 5.73 Å². The van der Waals surface area contributed by atoms with Crippen LogP contribution >= 0.6 is 0 Å². The maximum Gasteiger partial charge on any atom is 0.338 e. The van der Waals surface area contributed by atoms with E-state index in [2.05, 4.69) is 15.6 Å². The maximum atomic E-state index is 12.9. The lowest BCUT2D eigenvalue weighted by atomic mass is 9.92. The first kappa shape index (κ1) is 27.8. The molecule has 0 aliphatic carbocycles. The molecule has 4 rings (SSSR count). The maximum absolute atomic E-state index is 12.9. The van der Waals surface area contributed by atoms with Gasteiger partial charge in [-0.05, 0) is 55.5 Å². The molecule has 0 aliphatic heterocycles. The molecule has 0 spiro atoms. The summed E-state index contributed by atoms with van der Waals surface area (Å²) in [5.74, 6) is 0.216. The van der Waals surface area contributed by atoms with E-state index in [0.29, 0.717) is 34.3 Å². The lowest BCUT2D eigenvalue weighted by Crippen LogP contribution is -2.21. The predicted octanol–water partition coefficient (Wildman–Crippen LogP) is 5.28. The van der Waals surface area contributed by atoms with Crippen LogP contribution in [0, 0.1) is 0 Å². The van der Waals surface area contributed by atoms with E-state index >= 15 is 0 Å². The zero-order chi connectivity index (χ0) is 28.9. The van der Waals surface area contributed by atoms with Crippen LogP contribution in [0.3, 0.4) is 0 Å². The number of anilines is 2. The molecule has 4 aromatic rings. The number of nitrogens with one attached hydrogen (secondary N) is 2. The molecule has 0 unspecified atom stereocenters. The highest BCUT2D eigenvalue weighted by Crippen LogP contribution is 2.27. The normalized spacial score (nSPS) is 11.0. The molecule has 3 amide bonds. The molecule has 0 fully saturated rings. The third kappa shape index (κ3) is 6.81. The van der Waals surface area contributed by atoms with E-state index in [1.165, 1.54) is 12.3 Å². The Kier molecular flexibility index (Phi) is 8.13. The molecule has 0 bridgehead atoms. The van der Waals surface area contributed by atoms with Crippen LogP contribution in [0.25, 0.3) is 5.69 Å². The van der Waals surface area contributed by atoms with Crippen molar-refractivity contribution in [3.8, 4) is 17.2 Å². The number of hydrogen-bond donors (Lipinski definition) is 3. The van der Waals surface area contributed by atoms with Crippen LogP contribution in [0.2, 0.25) is 0 Å². The topological polar surface area (TPSA) is 150 Å². The summed E-state index contributed by atoms with van der Waals surface area (Å²) < 4.78 is 12.4. The minimum Gasteiger partial charge on any atom is -0.462 e. The molecule has 2 aromatic heterocycles. The van der Waals surface area contributed by atoms with Gasteiger partial charge in [-0.15, -0.1) is 0 Å². The molecule has 2 aromatic carbocycles. The minimum absolute atomic E-state index is 0.0916. The Labute approximate surface area is 231 Å². The van der Waals surface area contributed by atoms with Crippen LogP contribution in [-0.2, 0) is 10.2 Å². The Morgan fingerprint density at radius 2 is 1.70 bits per heavy atom. The van der Waals surface area contributed by atoms with Gasteiger partial charge < -0.3 is 20.5 Å². The summed E-state index contributed by atoms with van der Waals surface area (Å²) >= 11 is 0. The molecule has 206 valence electrons. The van der Waals surface area contributed by atoms with Gasteiger partial charge >= 0.3 is 12.0 Å². The van der Waals surface area contributed by atoms with E-state index in [9.17, 15) is 14.4 Å². The number of nitrogens with zero attached hydrogens (tertiary/aromatic N) is 3. The van der Waals surface area contributed by atoms with Crippen molar-refractivity contribution >= 4 is 29.4 Å². The Balaban J connectivity index is 1.50. The second-order valence-electron chi connectivity index (χ2n) is 9.79. The summed E-state index contributed by atoms with van der Waals surface area (Å²) in [5.41, 5.74) is 7.30. The van der Waals surface area contributed by atoms with Gasteiger partial charge in [0.25, 0.3) is 5.91 Å². The second-order valence-corrected chi connectivity index (χ2v) is 9.79. The second kappa shape index (κ2) is 11.7.